The second-order valence-corrected chi connectivity index (χ2v) is 3.72. The molecule has 0 unspecified atom stereocenters. The van der Waals surface area contributed by atoms with E-state index in [1.54, 1.807) is 0 Å². The standard InChI is InChI=1S/C13H16O4/c1-2-10-3-5-11(6-4-10)9-17-13(16)8-7-12(14)15/h3-6H,2,7-9H2,1H3,(H,14,15). The van der Waals surface area contributed by atoms with E-state index in [4.69, 9.17) is 9.84 Å². The molecule has 0 aliphatic carbocycles. The molecule has 0 atom stereocenters. The van der Waals surface area contributed by atoms with Crippen molar-refractivity contribution in [1.82, 2.24) is 0 Å². The van der Waals surface area contributed by atoms with Crippen LogP contribution < -0.4 is 0 Å². The van der Waals surface area contributed by atoms with Gasteiger partial charge in [0, 0.05) is 0 Å². The van der Waals surface area contributed by atoms with Crippen LogP contribution in [0.3, 0.4) is 0 Å². The molecule has 1 N–H and O–H groups in total. The monoisotopic (exact) mass is 236 g/mol. The Balaban J connectivity index is 2.34. The number of rotatable bonds is 6. The Morgan fingerprint density at radius 3 is 2.24 bits per heavy atom. The van der Waals surface area contributed by atoms with E-state index in [-0.39, 0.29) is 19.4 Å². The van der Waals surface area contributed by atoms with Gasteiger partial charge in [-0.05, 0) is 17.5 Å². The van der Waals surface area contributed by atoms with E-state index in [0.29, 0.717) is 0 Å². The van der Waals surface area contributed by atoms with Crippen LogP contribution in [0.1, 0.15) is 30.9 Å². The molecule has 4 heteroatoms. The fraction of sp³-hybridized carbons (Fsp3) is 0.385. The van der Waals surface area contributed by atoms with Crippen molar-refractivity contribution in [2.24, 2.45) is 0 Å². The number of hydrogen-bond donors (Lipinski definition) is 1. The average Bonchev–Trinajstić information content (AvgIpc) is 2.34. The van der Waals surface area contributed by atoms with Crippen LogP contribution in [0.4, 0.5) is 0 Å². The zero-order chi connectivity index (χ0) is 12.7. The predicted octanol–water partition coefficient (Wildman–Crippen LogP) is 2.16. The second-order valence-electron chi connectivity index (χ2n) is 3.72. The Morgan fingerprint density at radius 1 is 1.12 bits per heavy atom. The van der Waals surface area contributed by atoms with E-state index in [2.05, 4.69) is 6.92 Å². The Bertz CT molecular complexity index is 381. The summed E-state index contributed by atoms with van der Waals surface area (Å²) in [4.78, 5) is 21.4. The van der Waals surface area contributed by atoms with Crippen molar-refractivity contribution in [3.05, 3.63) is 35.4 Å². The normalized spacial score (nSPS) is 9.94. The van der Waals surface area contributed by atoms with Crippen molar-refractivity contribution in [1.29, 1.82) is 0 Å². The van der Waals surface area contributed by atoms with Gasteiger partial charge < -0.3 is 9.84 Å². The van der Waals surface area contributed by atoms with Gasteiger partial charge in [0.05, 0.1) is 12.8 Å². The topological polar surface area (TPSA) is 63.6 Å². The molecule has 1 aromatic rings. The van der Waals surface area contributed by atoms with E-state index in [9.17, 15) is 9.59 Å². The van der Waals surface area contributed by atoms with Gasteiger partial charge in [-0.1, -0.05) is 31.2 Å². The summed E-state index contributed by atoms with van der Waals surface area (Å²) in [5, 5.41) is 8.40. The fourth-order valence-corrected chi connectivity index (χ4v) is 1.32. The van der Waals surface area contributed by atoms with Gasteiger partial charge in [-0.25, -0.2) is 0 Å². The van der Waals surface area contributed by atoms with Gasteiger partial charge >= 0.3 is 11.9 Å². The lowest BCUT2D eigenvalue weighted by atomic mass is 10.1. The molecule has 1 aromatic carbocycles. The van der Waals surface area contributed by atoms with Crippen LogP contribution in [-0.2, 0) is 27.4 Å². The number of carboxylic acid groups (broad SMARTS) is 1. The summed E-state index contributed by atoms with van der Waals surface area (Å²) < 4.78 is 4.95. The van der Waals surface area contributed by atoms with E-state index in [0.717, 1.165) is 12.0 Å². The van der Waals surface area contributed by atoms with Gasteiger partial charge in [0.2, 0.25) is 0 Å². The van der Waals surface area contributed by atoms with Gasteiger partial charge in [-0.15, -0.1) is 0 Å². The summed E-state index contributed by atoms with van der Waals surface area (Å²) >= 11 is 0. The average molecular weight is 236 g/mol. The van der Waals surface area contributed by atoms with Crippen LogP contribution in [0.5, 0.6) is 0 Å². The number of aliphatic carboxylic acids is 1. The summed E-state index contributed by atoms with van der Waals surface area (Å²) in [5.41, 5.74) is 2.14. The zero-order valence-corrected chi connectivity index (χ0v) is 9.81. The quantitative estimate of drug-likeness (QED) is 0.769. The van der Waals surface area contributed by atoms with Crippen molar-refractivity contribution < 1.29 is 19.4 Å². The minimum atomic E-state index is -0.991. The Morgan fingerprint density at radius 2 is 1.71 bits per heavy atom. The molecule has 0 aliphatic rings. The molecule has 1 rings (SSSR count). The number of aryl methyl sites for hydroxylation is 1. The summed E-state index contributed by atoms with van der Waals surface area (Å²) in [6, 6.07) is 7.79. The third-order valence-electron chi connectivity index (χ3n) is 2.37. The fourth-order valence-electron chi connectivity index (χ4n) is 1.32. The third kappa shape index (κ3) is 5.15. The molecule has 0 saturated heterocycles. The Hall–Kier alpha value is -1.84. The highest BCUT2D eigenvalue weighted by Crippen LogP contribution is 2.07. The number of esters is 1. The molecular formula is C13H16O4. The zero-order valence-electron chi connectivity index (χ0n) is 9.81. The highest BCUT2D eigenvalue weighted by molar-refractivity contribution is 5.76. The molecule has 4 nitrogen and oxygen atoms in total. The molecular weight excluding hydrogens is 220 g/mol. The first kappa shape index (κ1) is 13.2. The van der Waals surface area contributed by atoms with E-state index < -0.39 is 11.9 Å². The molecule has 17 heavy (non-hydrogen) atoms. The molecule has 0 saturated carbocycles. The number of hydrogen-bond acceptors (Lipinski definition) is 3. The van der Waals surface area contributed by atoms with Crippen molar-refractivity contribution in [3.8, 4) is 0 Å². The number of carbonyl (C=O) groups excluding carboxylic acids is 1. The summed E-state index contributed by atoms with van der Waals surface area (Å²) in [6.45, 7) is 2.27. The second kappa shape index (κ2) is 6.68. The molecule has 0 aromatic heterocycles. The van der Waals surface area contributed by atoms with E-state index in [1.807, 2.05) is 24.3 Å². The number of ether oxygens (including phenoxy) is 1. The summed E-state index contributed by atoms with van der Waals surface area (Å²) in [7, 11) is 0. The molecule has 0 aliphatic heterocycles. The smallest absolute Gasteiger partial charge is 0.306 e. The first-order chi connectivity index (χ1) is 8.11. The van der Waals surface area contributed by atoms with Crippen LogP contribution in [0.25, 0.3) is 0 Å². The van der Waals surface area contributed by atoms with E-state index >= 15 is 0 Å². The van der Waals surface area contributed by atoms with Gasteiger partial charge in [-0.2, -0.15) is 0 Å². The van der Waals surface area contributed by atoms with Crippen LogP contribution in [-0.4, -0.2) is 17.0 Å². The Kier molecular flexibility index (Phi) is 5.20. The largest absolute Gasteiger partial charge is 0.481 e. The van der Waals surface area contributed by atoms with E-state index in [1.165, 1.54) is 5.56 Å². The molecule has 0 amide bonds. The highest BCUT2D eigenvalue weighted by Gasteiger charge is 2.06. The lowest BCUT2D eigenvalue weighted by Gasteiger charge is -2.04. The lowest BCUT2D eigenvalue weighted by Crippen LogP contribution is -2.07. The third-order valence-corrected chi connectivity index (χ3v) is 2.37. The van der Waals surface area contributed by atoms with Crippen LogP contribution in [0, 0.1) is 0 Å². The summed E-state index contributed by atoms with van der Waals surface area (Å²) in [5.74, 6) is -1.47. The minimum Gasteiger partial charge on any atom is -0.481 e. The van der Waals surface area contributed by atoms with Crippen LogP contribution in [0.2, 0.25) is 0 Å². The maximum Gasteiger partial charge on any atom is 0.306 e. The molecule has 0 spiro atoms. The molecule has 0 heterocycles. The number of carbonyl (C=O) groups is 2. The van der Waals surface area contributed by atoms with Crippen molar-refractivity contribution >= 4 is 11.9 Å². The molecule has 0 radical (unpaired) electrons. The first-order valence-corrected chi connectivity index (χ1v) is 5.57. The summed E-state index contributed by atoms with van der Waals surface area (Å²) in [6.07, 6.45) is 0.703. The van der Waals surface area contributed by atoms with Crippen LogP contribution >= 0.6 is 0 Å². The maximum absolute atomic E-state index is 11.2. The van der Waals surface area contributed by atoms with Gasteiger partial charge in [0.1, 0.15) is 6.61 Å². The first-order valence-electron chi connectivity index (χ1n) is 5.57. The van der Waals surface area contributed by atoms with Gasteiger partial charge in [0.25, 0.3) is 0 Å². The molecule has 0 fully saturated rings. The number of benzene rings is 1. The maximum atomic E-state index is 11.2. The lowest BCUT2D eigenvalue weighted by molar-refractivity contribution is -0.148. The van der Waals surface area contributed by atoms with Crippen molar-refractivity contribution in [2.75, 3.05) is 0 Å². The number of carboxylic acids is 1. The van der Waals surface area contributed by atoms with Crippen molar-refractivity contribution in [2.45, 2.75) is 32.8 Å². The minimum absolute atomic E-state index is 0.0810. The predicted molar refractivity (Wildman–Crippen MR) is 62.5 cm³/mol. The van der Waals surface area contributed by atoms with Gasteiger partial charge in [0.15, 0.2) is 0 Å². The molecule has 92 valence electrons. The molecule has 0 bridgehead atoms. The Labute approximate surface area is 100 Å². The van der Waals surface area contributed by atoms with Crippen molar-refractivity contribution in [3.63, 3.8) is 0 Å². The van der Waals surface area contributed by atoms with Gasteiger partial charge in [-0.3, -0.25) is 9.59 Å². The SMILES string of the molecule is CCc1ccc(COC(=O)CCC(=O)O)cc1. The van der Waals surface area contributed by atoms with Crippen LogP contribution in [0.15, 0.2) is 24.3 Å². The highest BCUT2D eigenvalue weighted by atomic mass is 16.5.